The molecule has 0 aliphatic carbocycles. The van der Waals surface area contributed by atoms with Gasteiger partial charge in [-0.2, -0.15) is 0 Å². The van der Waals surface area contributed by atoms with E-state index >= 15 is 0 Å². The molecule has 0 aromatic heterocycles. The Morgan fingerprint density at radius 2 is 2.25 bits per heavy atom. The summed E-state index contributed by atoms with van der Waals surface area (Å²) >= 11 is 0. The first-order chi connectivity index (χ1) is 7.70. The van der Waals surface area contributed by atoms with Crippen LogP contribution in [0.2, 0.25) is 0 Å². The SMILES string of the molecule is CCCCC(C(=O)OC)N1CCCCC1C. The molecule has 0 bridgehead atoms. The lowest BCUT2D eigenvalue weighted by atomic mass is 9.98. The average molecular weight is 227 g/mol. The molecule has 1 fully saturated rings. The van der Waals surface area contributed by atoms with Crippen LogP contribution in [0.25, 0.3) is 0 Å². The van der Waals surface area contributed by atoms with E-state index in [1.165, 1.54) is 26.4 Å². The van der Waals surface area contributed by atoms with Gasteiger partial charge in [-0.05, 0) is 32.7 Å². The van der Waals surface area contributed by atoms with Gasteiger partial charge >= 0.3 is 5.97 Å². The van der Waals surface area contributed by atoms with Crippen LogP contribution in [-0.4, -0.2) is 36.6 Å². The van der Waals surface area contributed by atoms with Crippen LogP contribution in [0.1, 0.15) is 52.4 Å². The topological polar surface area (TPSA) is 29.5 Å². The number of nitrogens with zero attached hydrogens (tertiary/aromatic N) is 1. The summed E-state index contributed by atoms with van der Waals surface area (Å²) < 4.78 is 4.93. The second-order valence-corrected chi connectivity index (χ2v) is 4.76. The first kappa shape index (κ1) is 13.5. The van der Waals surface area contributed by atoms with Gasteiger partial charge in [0.2, 0.25) is 0 Å². The molecule has 1 aliphatic rings. The lowest BCUT2D eigenvalue weighted by Gasteiger charge is -2.38. The van der Waals surface area contributed by atoms with E-state index in [2.05, 4.69) is 18.7 Å². The van der Waals surface area contributed by atoms with Crippen molar-refractivity contribution < 1.29 is 9.53 Å². The normalized spacial score (nSPS) is 24.1. The smallest absolute Gasteiger partial charge is 0.323 e. The van der Waals surface area contributed by atoms with Gasteiger partial charge in [0, 0.05) is 6.04 Å². The maximum absolute atomic E-state index is 11.8. The van der Waals surface area contributed by atoms with Gasteiger partial charge in [0.25, 0.3) is 0 Å². The van der Waals surface area contributed by atoms with Crippen molar-refractivity contribution in [3.63, 3.8) is 0 Å². The van der Waals surface area contributed by atoms with Crippen LogP contribution < -0.4 is 0 Å². The summed E-state index contributed by atoms with van der Waals surface area (Å²) in [6.45, 7) is 5.43. The summed E-state index contributed by atoms with van der Waals surface area (Å²) in [5.74, 6) is -0.0535. The van der Waals surface area contributed by atoms with E-state index in [4.69, 9.17) is 4.74 Å². The molecule has 1 saturated heterocycles. The summed E-state index contributed by atoms with van der Waals surface area (Å²) in [5.41, 5.74) is 0. The van der Waals surface area contributed by atoms with Gasteiger partial charge in [0.1, 0.15) is 6.04 Å². The Hall–Kier alpha value is -0.570. The highest BCUT2D eigenvalue weighted by atomic mass is 16.5. The van der Waals surface area contributed by atoms with Crippen molar-refractivity contribution in [1.29, 1.82) is 0 Å². The molecule has 0 amide bonds. The summed E-state index contributed by atoms with van der Waals surface area (Å²) in [6.07, 6.45) is 6.88. The number of likely N-dealkylation sites (tertiary alicyclic amines) is 1. The second kappa shape index (κ2) is 6.89. The molecule has 94 valence electrons. The van der Waals surface area contributed by atoms with Crippen molar-refractivity contribution in [1.82, 2.24) is 4.90 Å². The molecule has 0 radical (unpaired) electrons. The Morgan fingerprint density at radius 3 is 2.81 bits per heavy atom. The van der Waals surface area contributed by atoms with Crippen molar-refractivity contribution in [3.8, 4) is 0 Å². The fourth-order valence-electron chi connectivity index (χ4n) is 2.54. The zero-order chi connectivity index (χ0) is 12.0. The third-order valence-corrected chi connectivity index (χ3v) is 3.56. The van der Waals surface area contributed by atoms with Gasteiger partial charge in [-0.15, -0.1) is 0 Å². The van der Waals surface area contributed by atoms with Gasteiger partial charge in [0.15, 0.2) is 0 Å². The second-order valence-electron chi connectivity index (χ2n) is 4.76. The number of esters is 1. The van der Waals surface area contributed by atoms with E-state index in [0.29, 0.717) is 6.04 Å². The molecular weight excluding hydrogens is 202 g/mol. The van der Waals surface area contributed by atoms with E-state index in [-0.39, 0.29) is 12.0 Å². The molecule has 0 N–H and O–H groups in total. The van der Waals surface area contributed by atoms with Gasteiger partial charge < -0.3 is 4.74 Å². The molecule has 2 unspecified atom stereocenters. The number of rotatable bonds is 5. The maximum Gasteiger partial charge on any atom is 0.323 e. The number of ether oxygens (including phenoxy) is 1. The molecule has 0 saturated carbocycles. The van der Waals surface area contributed by atoms with Crippen molar-refractivity contribution in [3.05, 3.63) is 0 Å². The molecule has 1 heterocycles. The van der Waals surface area contributed by atoms with Gasteiger partial charge in [-0.3, -0.25) is 9.69 Å². The highest BCUT2D eigenvalue weighted by Gasteiger charge is 2.31. The van der Waals surface area contributed by atoms with Gasteiger partial charge in [0.05, 0.1) is 7.11 Å². The Morgan fingerprint density at radius 1 is 1.50 bits per heavy atom. The Labute approximate surface area is 99.1 Å². The largest absolute Gasteiger partial charge is 0.468 e. The highest BCUT2D eigenvalue weighted by Crippen LogP contribution is 2.22. The molecule has 3 heteroatoms. The summed E-state index contributed by atoms with van der Waals surface area (Å²) in [5, 5.41) is 0. The molecule has 3 nitrogen and oxygen atoms in total. The number of methoxy groups -OCH3 is 1. The standard InChI is InChI=1S/C13H25NO2/c1-4-5-9-12(13(15)16-3)14-10-7-6-8-11(14)2/h11-12H,4-10H2,1-3H3. The fourth-order valence-corrected chi connectivity index (χ4v) is 2.54. The minimum Gasteiger partial charge on any atom is -0.468 e. The molecule has 16 heavy (non-hydrogen) atoms. The van der Waals surface area contributed by atoms with E-state index in [1.54, 1.807) is 0 Å². The predicted octanol–water partition coefficient (Wildman–Crippen LogP) is 2.59. The minimum absolute atomic E-state index is 0.0137. The highest BCUT2D eigenvalue weighted by molar-refractivity contribution is 5.75. The molecular formula is C13H25NO2. The Kier molecular flexibility index (Phi) is 5.81. The molecule has 0 spiro atoms. The van der Waals surface area contributed by atoms with E-state index in [0.717, 1.165) is 25.8 Å². The predicted molar refractivity (Wildman–Crippen MR) is 65.3 cm³/mol. The number of hydrogen-bond donors (Lipinski definition) is 0. The minimum atomic E-state index is -0.0535. The van der Waals surface area contributed by atoms with Crippen LogP contribution >= 0.6 is 0 Å². The first-order valence-electron chi connectivity index (χ1n) is 6.54. The van der Waals surface area contributed by atoms with Crippen LogP contribution in [-0.2, 0) is 9.53 Å². The van der Waals surface area contributed by atoms with E-state index < -0.39 is 0 Å². The monoisotopic (exact) mass is 227 g/mol. The molecule has 1 rings (SSSR count). The van der Waals surface area contributed by atoms with Crippen molar-refractivity contribution in [2.75, 3.05) is 13.7 Å². The number of carbonyl (C=O) groups is 1. The molecule has 1 aliphatic heterocycles. The quantitative estimate of drug-likeness (QED) is 0.676. The van der Waals surface area contributed by atoms with Crippen LogP contribution in [0.15, 0.2) is 0 Å². The average Bonchev–Trinajstić information content (AvgIpc) is 2.31. The number of unbranched alkanes of at least 4 members (excludes halogenated alkanes) is 1. The lowest BCUT2D eigenvalue weighted by Crippen LogP contribution is -2.49. The van der Waals surface area contributed by atoms with E-state index in [1.807, 2.05) is 0 Å². The summed E-state index contributed by atoms with van der Waals surface area (Å²) in [7, 11) is 1.50. The number of carbonyl (C=O) groups excluding carboxylic acids is 1. The zero-order valence-corrected chi connectivity index (χ0v) is 10.9. The Balaban J connectivity index is 2.61. The van der Waals surface area contributed by atoms with Crippen molar-refractivity contribution >= 4 is 5.97 Å². The van der Waals surface area contributed by atoms with Crippen LogP contribution in [0.5, 0.6) is 0 Å². The van der Waals surface area contributed by atoms with Crippen molar-refractivity contribution in [2.45, 2.75) is 64.5 Å². The fraction of sp³-hybridized carbons (Fsp3) is 0.923. The van der Waals surface area contributed by atoms with Crippen LogP contribution in [0, 0.1) is 0 Å². The van der Waals surface area contributed by atoms with Crippen LogP contribution in [0.3, 0.4) is 0 Å². The third kappa shape index (κ3) is 3.48. The lowest BCUT2D eigenvalue weighted by molar-refractivity contribution is -0.149. The first-order valence-corrected chi connectivity index (χ1v) is 6.54. The molecule has 0 aromatic rings. The maximum atomic E-state index is 11.8. The van der Waals surface area contributed by atoms with Gasteiger partial charge in [-0.1, -0.05) is 26.2 Å². The third-order valence-electron chi connectivity index (χ3n) is 3.56. The number of piperidine rings is 1. The Bertz CT molecular complexity index is 218. The zero-order valence-electron chi connectivity index (χ0n) is 10.9. The summed E-state index contributed by atoms with van der Waals surface area (Å²) in [4.78, 5) is 14.1. The molecule has 0 aromatic carbocycles. The van der Waals surface area contributed by atoms with Crippen LogP contribution in [0.4, 0.5) is 0 Å². The summed E-state index contributed by atoms with van der Waals surface area (Å²) in [6, 6.07) is 0.509. The van der Waals surface area contributed by atoms with Gasteiger partial charge in [-0.25, -0.2) is 0 Å². The molecule has 2 atom stereocenters. The van der Waals surface area contributed by atoms with E-state index in [9.17, 15) is 4.79 Å². The van der Waals surface area contributed by atoms with Crippen molar-refractivity contribution in [2.24, 2.45) is 0 Å². The number of hydrogen-bond acceptors (Lipinski definition) is 3.